The number of hydrogen-bond acceptors (Lipinski definition) is 5. The van der Waals surface area contributed by atoms with Gasteiger partial charge in [0.1, 0.15) is 12.3 Å². The lowest BCUT2D eigenvalue weighted by molar-refractivity contribution is -0.137. The van der Waals surface area contributed by atoms with Crippen LogP contribution in [0.1, 0.15) is 11.1 Å². The van der Waals surface area contributed by atoms with Gasteiger partial charge < -0.3 is 4.74 Å². The van der Waals surface area contributed by atoms with Crippen molar-refractivity contribution >= 4 is 27.8 Å². The van der Waals surface area contributed by atoms with Gasteiger partial charge in [-0.25, -0.2) is 13.8 Å². The molecule has 11 heteroatoms. The molecular formula is C18H18F3N3O4S. The molecule has 1 N–H and O–H groups in total. The highest BCUT2D eigenvalue weighted by molar-refractivity contribution is 7.92. The number of amides is 1. The van der Waals surface area contributed by atoms with Crippen LogP contribution in [0.15, 0.2) is 53.6 Å². The lowest BCUT2D eigenvalue weighted by atomic mass is 10.1. The SMILES string of the molecule is COc1cccc(N(CC(=O)N/N=C\c2cccc(C(F)(F)F)c2)S(C)(=O)=O)c1. The van der Waals surface area contributed by atoms with Crippen LogP contribution in [0.4, 0.5) is 18.9 Å². The number of carbonyl (C=O) groups excluding carboxylic acids is 1. The molecule has 2 aromatic rings. The Labute approximate surface area is 165 Å². The number of ether oxygens (including phenoxy) is 1. The summed E-state index contributed by atoms with van der Waals surface area (Å²) in [6, 6.07) is 10.5. The number of alkyl halides is 3. The number of hydrogen-bond donors (Lipinski definition) is 1. The van der Waals surface area contributed by atoms with E-state index in [1.165, 1.54) is 31.4 Å². The van der Waals surface area contributed by atoms with Crippen LogP contribution in [0.5, 0.6) is 5.75 Å². The van der Waals surface area contributed by atoms with Crippen molar-refractivity contribution in [1.29, 1.82) is 0 Å². The van der Waals surface area contributed by atoms with Gasteiger partial charge in [0, 0.05) is 6.07 Å². The van der Waals surface area contributed by atoms with Crippen molar-refractivity contribution in [3.63, 3.8) is 0 Å². The van der Waals surface area contributed by atoms with Crippen LogP contribution < -0.4 is 14.5 Å². The summed E-state index contributed by atoms with van der Waals surface area (Å²) in [5.41, 5.74) is 1.58. The number of rotatable bonds is 7. The van der Waals surface area contributed by atoms with E-state index in [2.05, 4.69) is 10.5 Å². The Morgan fingerprint density at radius 3 is 2.52 bits per heavy atom. The Morgan fingerprint density at radius 1 is 1.21 bits per heavy atom. The van der Waals surface area contributed by atoms with E-state index in [4.69, 9.17) is 4.74 Å². The van der Waals surface area contributed by atoms with Crippen LogP contribution in [-0.4, -0.2) is 40.4 Å². The molecule has 0 spiro atoms. The second-order valence-corrected chi connectivity index (χ2v) is 7.79. The molecule has 0 bridgehead atoms. The van der Waals surface area contributed by atoms with Crippen LogP contribution in [-0.2, 0) is 21.0 Å². The van der Waals surface area contributed by atoms with Gasteiger partial charge in [-0.05, 0) is 29.8 Å². The number of halogens is 3. The summed E-state index contributed by atoms with van der Waals surface area (Å²) in [5.74, 6) is -0.374. The Bertz CT molecular complexity index is 1010. The van der Waals surface area contributed by atoms with Crippen molar-refractivity contribution in [1.82, 2.24) is 5.43 Å². The summed E-state index contributed by atoms with van der Waals surface area (Å²) in [6.07, 6.45) is -2.53. The quantitative estimate of drug-likeness (QED) is 0.541. The lowest BCUT2D eigenvalue weighted by Crippen LogP contribution is -2.39. The van der Waals surface area contributed by atoms with Gasteiger partial charge in [0.15, 0.2) is 0 Å². The zero-order chi connectivity index (χ0) is 21.7. The van der Waals surface area contributed by atoms with Crippen LogP contribution in [0.2, 0.25) is 0 Å². The third-order valence-electron chi connectivity index (χ3n) is 3.65. The van der Waals surface area contributed by atoms with Crippen LogP contribution in [0.25, 0.3) is 0 Å². The highest BCUT2D eigenvalue weighted by atomic mass is 32.2. The molecule has 2 aromatic carbocycles. The molecule has 0 aliphatic heterocycles. The smallest absolute Gasteiger partial charge is 0.416 e. The maximum atomic E-state index is 12.7. The minimum Gasteiger partial charge on any atom is -0.497 e. The summed E-state index contributed by atoms with van der Waals surface area (Å²) in [5, 5.41) is 3.59. The summed E-state index contributed by atoms with van der Waals surface area (Å²) < 4.78 is 68.1. The van der Waals surface area contributed by atoms with E-state index in [0.29, 0.717) is 5.75 Å². The lowest BCUT2D eigenvalue weighted by Gasteiger charge is -2.21. The van der Waals surface area contributed by atoms with Crippen molar-refractivity contribution in [2.75, 3.05) is 24.2 Å². The predicted molar refractivity (Wildman–Crippen MR) is 102 cm³/mol. The van der Waals surface area contributed by atoms with Gasteiger partial charge in [-0.15, -0.1) is 0 Å². The molecule has 2 rings (SSSR count). The van der Waals surface area contributed by atoms with Crippen molar-refractivity contribution in [2.24, 2.45) is 5.10 Å². The first-order valence-electron chi connectivity index (χ1n) is 8.11. The molecule has 0 fully saturated rings. The van der Waals surface area contributed by atoms with E-state index in [1.807, 2.05) is 0 Å². The summed E-state index contributed by atoms with van der Waals surface area (Å²) in [4.78, 5) is 12.1. The zero-order valence-electron chi connectivity index (χ0n) is 15.5. The predicted octanol–water partition coefficient (Wildman–Crippen LogP) is 2.63. The van der Waals surface area contributed by atoms with E-state index in [9.17, 15) is 26.4 Å². The molecule has 0 unspecified atom stereocenters. The number of methoxy groups -OCH3 is 1. The van der Waals surface area contributed by atoms with Crippen molar-refractivity contribution in [3.8, 4) is 5.75 Å². The van der Waals surface area contributed by atoms with E-state index in [0.717, 1.165) is 28.9 Å². The highest BCUT2D eigenvalue weighted by Crippen LogP contribution is 2.29. The van der Waals surface area contributed by atoms with Crippen molar-refractivity contribution in [2.45, 2.75) is 6.18 Å². The fourth-order valence-corrected chi connectivity index (χ4v) is 3.15. The largest absolute Gasteiger partial charge is 0.497 e. The molecule has 0 atom stereocenters. The Hall–Kier alpha value is -3.08. The van der Waals surface area contributed by atoms with E-state index >= 15 is 0 Å². The van der Waals surface area contributed by atoms with E-state index < -0.39 is 34.2 Å². The molecule has 1 amide bonds. The molecule has 0 heterocycles. The molecular weight excluding hydrogens is 411 g/mol. The van der Waals surface area contributed by atoms with Gasteiger partial charge >= 0.3 is 6.18 Å². The topological polar surface area (TPSA) is 88.1 Å². The molecule has 29 heavy (non-hydrogen) atoms. The molecule has 0 radical (unpaired) electrons. The Morgan fingerprint density at radius 2 is 1.90 bits per heavy atom. The van der Waals surface area contributed by atoms with Gasteiger partial charge in [0.05, 0.1) is 30.8 Å². The highest BCUT2D eigenvalue weighted by Gasteiger charge is 2.30. The van der Waals surface area contributed by atoms with Crippen LogP contribution in [0.3, 0.4) is 0 Å². The van der Waals surface area contributed by atoms with Gasteiger partial charge in [-0.2, -0.15) is 18.3 Å². The molecule has 0 saturated heterocycles. The van der Waals surface area contributed by atoms with Gasteiger partial charge in [0.2, 0.25) is 10.0 Å². The number of nitrogens with zero attached hydrogens (tertiary/aromatic N) is 2. The second-order valence-electron chi connectivity index (χ2n) is 5.89. The summed E-state index contributed by atoms with van der Waals surface area (Å²) >= 11 is 0. The number of nitrogens with one attached hydrogen (secondary N) is 1. The second kappa shape index (κ2) is 8.95. The Balaban J connectivity index is 2.10. The maximum Gasteiger partial charge on any atom is 0.416 e. The Kier molecular flexibility index (Phi) is 6.85. The third kappa shape index (κ3) is 6.49. The van der Waals surface area contributed by atoms with Crippen molar-refractivity contribution in [3.05, 3.63) is 59.7 Å². The molecule has 0 aliphatic carbocycles. The van der Waals surface area contributed by atoms with E-state index in [-0.39, 0.29) is 11.3 Å². The first-order chi connectivity index (χ1) is 13.5. The minimum absolute atomic E-state index is 0.118. The number of carbonyl (C=O) groups is 1. The first kappa shape index (κ1) is 22.2. The summed E-state index contributed by atoms with van der Waals surface area (Å²) in [7, 11) is -2.38. The normalized spacial score (nSPS) is 12.0. The van der Waals surface area contributed by atoms with E-state index in [1.54, 1.807) is 12.1 Å². The van der Waals surface area contributed by atoms with Crippen LogP contribution >= 0.6 is 0 Å². The van der Waals surface area contributed by atoms with Gasteiger partial charge in [-0.3, -0.25) is 9.10 Å². The van der Waals surface area contributed by atoms with Gasteiger partial charge in [0.25, 0.3) is 5.91 Å². The number of sulfonamides is 1. The molecule has 0 saturated carbocycles. The standard InChI is InChI=1S/C18H18F3N3O4S/c1-28-16-8-4-7-15(10-16)24(29(2,26)27)12-17(25)23-22-11-13-5-3-6-14(9-13)18(19,20)21/h3-11H,12H2,1-2H3,(H,23,25)/b22-11-. The maximum absolute atomic E-state index is 12.7. The van der Waals surface area contributed by atoms with Crippen LogP contribution in [0, 0.1) is 0 Å². The molecule has 7 nitrogen and oxygen atoms in total. The third-order valence-corrected chi connectivity index (χ3v) is 4.79. The molecule has 156 valence electrons. The van der Waals surface area contributed by atoms with Crippen molar-refractivity contribution < 1.29 is 31.1 Å². The first-order valence-corrected chi connectivity index (χ1v) is 9.96. The van der Waals surface area contributed by atoms with Gasteiger partial charge in [-0.1, -0.05) is 18.2 Å². The fraction of sp³-hybridized carbons (Fsp3) is 0.222. The molecule has 0 aromatic heterocycles. The number of benzene rings is 2. The fourth-order valence-electron chi connectivity index (χ4n) is 2.31. The average molecular weight is 429 g/mol. The zero-order valence-corrected chi connectivity index (χ0v) is 16.3. The average Bonchev–Trinajstić information content (AvgIpc) is 2.65. The number of hydrazone groups is 1. The molecule has 0 aliphatic rings. The number of anilines is 1. The monoisotopic (exact) mass is 429 g/mol. The minimum atomic E-state index is -4.50. The summed E-state index contributed by atoms with van der Waals surface area (Å²) in [6.45, 7) is -0.577.